The second-order valence-electron chi connectivity index (χ2n) is 3.65. The lowest BCUT2D eigenvalue weighted by Crippen LogP contribution is -2.13. The fraction of sp³-hybridized carbons (Fsp3) is 0.250. The number of aromatic nitrogens is 1. The zero-order valence-electron chi connectivity index (χ0n) is 12.1. The van der Waals surface area contributed by atoms with Gasteiger partial charge in [-0.2, -0.15) is 0 Å². The van der Waals surface area contributed by atoms with Crippen LogP contribution in [0.2, 0.25) is 0 Å². The van der Waals surface area contributed by atoms with E-state index in [1.165, 1.54) is 0 Å². The van der Waals surface area contributed by atoms with Crippen LogP contribution in [0.15, 0.2) is 54.8 Å². The summed E-state index contributed by atoms with van der Waals surface area (Å²) in [6, 6.07) is 3.68. The van der Waals surface area contributed by atoms with Gasteiger partial charge in [0, 0.05) is 11.8 Å². The van der Waals surface area contributed by atoms with Crippen molar-refractivity contribution in [3.8, 4) is 0 Å². The van der Waals surface area contributed by atoms with Gasteiger partial charge < -0.3 is 5.32 Å². The van der Waals surface area contributed by atoms with Gasteiger partial charge in [-0.1, -0.05) is 50.8 Å². The smallest absolute Gasteiger partial charge is 0.252 e. The standard InChI is InChI=1S/C14H16N2O.C2H6/c1-4-5-6-7-12(3)14(17)16-13-9-8-11(2)10-15-13;1-2/h4-10H,1H2,2-3H3,(H,15,16,17);1-2H3/b6-5-,12-7+;. The van der Waals surface area contributed by atoms with Crippen LogP contribution >= 0.6 is 0 Å². The van der Waals surface area contributed by atoms with Crippen LogP contribution in [0, 0.1) is 6.92 Å². The van der Waals surface area contributed by atoms with Crippen LogP contribution in [-0.2, 0) is 4.79 Å². The average Bonchev–Trinajstić information content (AvgIpc) is 2.43. The Kier molecular flexibility index (Phi) is 8.71. The molecule has 0 aliphatic carbocycles. The molecule has 1 rings (SSSR count). The Morgan fingerprint density at radius 3 is 2.53 bits per heavy atom. The van der Waals surface area contributed by atoms with Gasteiger partial charge in [-0.3, -0.25) is 4.79 Å². The van der Waals surface area contributed by atoms with E-state index in [9.17, 15) is 4.79 Å². The number of rotatable bonds is 4. The highest BCUT2D eigenvalue weighted by Crippen LogP contribution is 2.06. The summed E-state index contributed by atoms with van der Waals surface area (Å²) >= 11 is 0. The number of pyridine rings is 1. The van der Waals surface area contributed by atoms with Crippen LogP contribution in [0.3, 0.4) is 0 Å². The van der Waals surface area contributed by atoms with Gasteiger partial charge in [0.25, 0.3) is 5.91 Å². The summed E-state index contributed by atoms with van der Waals surface area (Å²) in [6.45, 7) is 11.2. The Balaban J connectivity index is 0.00000154. The largest absolute Gasteiger partial charge is 0.307 e. The predicted molar refractivity (Wildman–Crippen MR) is 82.0 cm³/mol. The van der Waals surface area contributed by atoms with Crippen molar-refractivity contribution in [2.24, 2.45) is 0 Å². The molecule has 0 saturated carbocycles. The van der Waals surface area contributed by atoms with Crippen LogP contribution in [0.25, 0.3) is 0 Å². The van der Waals surface area contributed by atoms with Crippen LogP contribution in [0.5, 0.6) is 0 Å². The van der Waals surface area contributed by atoms with Gasteiger partial charge in [0.1, 0.15) is 5.82 Å². The highest BCUT2D eigenvalue weighted by Gasteiger charge is 2.03. The molecule has 0 fully saturated rings. The summed E-state index contributed by atoms with van der Waals surface area (Å²) in [7, 11) is 0. The van der Waals surface area contributed by atoms with Crippen molar-refractivity contribution in [1.82, 2.24) is 4.98 Å². The topological polar surface area (TPSA) is 42.0 Å². The third kappa shape index (κ3) is 6.99. The normalized spacial score (nSPS) is 10.6. The Bertz CT molecular complexity index is 456. The molecule has 1 aromatic rings. The molecule has 1 aromatic heterocycles. The predicted octanol–water partition coefficient (Wildman–Crippen LogP) is 4.04. The lowest BCUT2D eigenvalue weighted by molar-refractivity contribution is -0.112. The van der Waals surface area contributed by atoms with Gasteiger partial charge in [-0.15, -0.1) is 0 Å². The van der Waals surface area contributed by atoms with Crippen molar-refractivity contribution in [2.75, 3.05) is 5.32 Å². The molecule has 1 amide bonds. The minimum Gasteiger partial charge on any atom is -0.307 e. The summed E-state index contributed by atoms with van der Waals surface area (Å²) in [5.41, 5.74) is 1.68. The number of aryl methyl sites for hydroxylation is 1. The molecule has 0 saturated heterocycles. The van der Waals surface area contributed by atoms with Crippen LogP contribution < -0.4 is 5.32 Å². The Morgan fingerprint density at radius 2 is 2.00 bits per heavy atom. The quantitative estimate of drug-likeness (QED) is 0.654. The van der Waals surface area contributed by atoms with Crippen LogP contribution in [0.1, 0.15) is 26.3 Å². The number of amides is 1. The molecule has 0 spiro atoms. The van der Waals surface area contributed by atoms with Crippen molar-refractivity contribution in [3.63, 3.8) is 0 Å². The van der Waals surface area contributed by atoms with Crippen molar-refractivity contribution >= 4 is 11.7 Å². The number of carbonyl (C=O) groups is 1. The number of anilines is 1. The van der Waals surface area contributed by atoms with Crippen molar-refractivity contribution in [2.45, 2.75) is 27.7 Å². The molecule has 1 heterocycles. The Hall–Kier alpha value is -2.16. The lowest BCUT2D eigenvalue weighted by Gasteiger charge is -2.03. The molecule has 0 unspecified atom stereocenters. The third-order valence-electron chi connectivity index (χ3n) is 2.10. The maximum absolute atomic E-state index is 11.7. The van der Waals surface area contributed by atoms with Crippen LogP contribution in [-0.4, -0.2) is 10.9 Å². The minimum absolute atomic E-state index is 0.157. The van der Waals surface area contributed by atoms with E-state index >= 15 is 0 Å². The maximum atomic E-state index is 11.7. The number of nitrogens with one attached hydrogen (secondary N) is 1. The molecule has 102 valence electrons. The Labute approximate surface area is 115 Å². The van der Waals surface area contributed by atoms with Gasteiger partial charge in [-0.05, 0) is 25.5 Å². The first-order valence-electron chi connectivity index (χ1n) is 6.33. The van der Waals surface area contributed by atoms with Crippen molar-refractivity contribution in [3.05, 3.63) is 60.3 Å². The van der Waals surface area contributed by atoms with Crippen LogP contribution in [0.4, 0.5) is 5.82 Å². The molecule has 0 aliphatic heterocycles. The van der Waals surface area contributed by atoms with Crippen molar-refractivity contribution < 1.29 is 4.79 Å². The summed E-state index contributed by atoms with van der Waals surface area (Å²) < 4.78 is 0. The molecule has 0 radical (unpaired) electrons. The maximum Gasteiger partial charge on any atom is 0.252 e. The fourth-order valence-electron chi connectivity index (χ4n) is 1.11. The zero-order chi connectivity index (χ0) is 14.7. The van der Waals surface area contributed by atoms with Gasteiger partial charge in [0.2, 0.25) is 0 Å². The second-order valence-corrected chi connectivity index (χ2v) is 3.65. The van der Waals surface area contributed by atoms with E-state index in [0.717, 1.165) is 5.56 Å². The molecule has 0 aliphatic rings. The van der Waals surface area contributed by atoms with Gasteiger partial charge in [0.15, 0.2) is 0 Å². The molecule has 0 aromatic carbocycles. The van der Waals surface area contributed by atoms with Gasteiger partial charge in [-0.25, -0.2) is 4.98 Å². The molecule has 3 nitrogen and oxygen atoms in total. The number of hydrogen-bond donors (Lipinski definition) is 1. The summed E-state index contributed by atoms with van der Waals surface area (Å²) in [5.74, 6) is 0.399. The number of carbonyl (C=O) groups excluding carboxylic acids is 1. The van der Waals surface area contributed by atoms with E-state index in [2.05, 4.69) is 16.9 Å². The zero-order valence-corrected chi connectivity index (χ0v) is 12.1. The first-order chi connectivity index (χ1) is 9.13. The number of nitrogens with zero attached hydrogens (tertiary/aromatic N) is 1. The van der Waals surface area contributed by atoms with Gasteiger partial charge >= 0.3 is 0 Å². The molecule has 19 heavy (non-hydrogen) atoms. The monoisotopic (exact) mass is 258 g/mol. The van der Waals surface area contributed by atoms with E-state index in [0.29, 0.717) is 11.4 Å². The summed E-state index contributed by atoms with van der Waals surface area (Å²) in [4.78, 5) is 15.8. The first kappa shape index (κ1) is 16.8. The van der Waals surface area contributed by atoms with E-state index < -0.39 is 0 Å². The van der Waals surface area contributed by atoms with Gasteiger partial charge in [0.05, 0.1) is 0 Å². The first-order valence-corrected chi connectivity index (χ1v) is 6.33. The lowest BCUT2D eigenvalue weighted by atomic mass is 10.2. The molecule has 1 N–H and O–H groups in total. The highest BCUT2D eigenvalue weighted by atomic mass is 16.1. The molecule has 0 bridgehead atoms. The van der Waals surface area contributed by atoms with E-state index in [1.807, 2.05) is 26.8 Å². The molecular weight excluding hydrogens is 236 g/mol. The molecular formula is C16H22N2O. The molecule has 3 heteroatoms. The second kappa shape index (κ2) is 9.83. The summed E-state index contributed by atoms with van der Waals surface area (Å²) in [5, 5.41) is 2.72. The summed E-state index contributed by atoms with van der Waals surface area (Å²) in [6.07, 6.45) is 8.63. The third-order valence-corrected chi connectivity index (χ3v) is 2.10. The highest BCUT2D eigenvalue weighted by molar-refractivity contribution is 6.02. The SMILES string of the molecule is C=C/C=C\C=C(/C)C(=O)Nc1ccc(C)cn1.CC. The Morgan fingerprint density at radius 1 is 1.32 bits per heavy atom. The number of allylic oxidation sites excluding steroid dienone is 4. The van der Waals surface area contributed by atoms with E-state index in [1.54, 1.807) is 43.5 Å². The van der Waals surface area contributed by atoms with E-state index in [-0.39, 0.29) is 5.91 Å². The average molecular weight is 258 g/mol. The minimum atomic E-state index is -0.157. The number of hydrogen-bond acceptors (Lipinski definition) is 2. The van der Waals surface area contributed by atoms with Crippen molar-refractivity contribution in [1.29, 1.82) is 0 Å². The molecule has 0 atom stereocenters. The van der Waals surface area contributed by atoms with E-state index in [4.69, 9.17) is 0 Å². The fourth-order valence-corrected chi connectivity index (χ4v) is 1.11.